The molecule has 0 amide bonds. The Labute approximate surface area is 241 Å². The topological polar surface area (TPSA) is 115 Å². The summed E-state index contributed by atoms with van der Waals surface area (Å²) >= 11 is 0. The predicted molar refractivity (Wildman–Crippen MR) is 159 cm³/mol. The molecule has 41 heavy (non-hydrogen) atoms. The first kappa shape index (κ1) is 29.7. The van der Waals surface area contributed by atoms with Gasteiger partial charge in [-0.05, 0) is 78.4 Å². The van der Waals surface area contributed by atoms with Crippen molar-refractivity contribution in [1.82, 2.24) is 4.90 Å². The van der Waals surface area contributed by atoms with E-state index < -0.39 is 17.0 Å². The Hall–Kier alpha value is -4.25. The number of aliphatic hydroxyl groups is 2. The number of benzene rings is 3. The van der Waals surface area contributed by atoms with Crippen molar-refractivity contribution in [1.29, 1.82) is 0 Å². The van der Waals surface area contributed by atoms with Gasteiger partial charge in [0.25, 0.3) is 11.9 Å². The molecule has 0 aromatic heterocycles. The average molecular weight is 579 g/mol. The Balaban J connectivity index is 1.39. The van der Waals surface area contributed by atoms with Gasteiger partial charge in [0.15, 0.2) is 0 Å². The zero-order valence-corrected chi connectivity index (χ0v) is 24.3. The van der Waals surface area contributed by atoms with Gasteiger partial charge in [-0.2, -0.15) is 0 Å². The number of ether oxygens (including phenoxy) is 2. The van der Waals surface area contributed by atoms with Gasteiger partial charge in [-0.3, -0.25) is 0 Å². The summed E-state index contributed by atoms with van der Waals surface area (Å²) in [6.07, 6.45) is 4.30. The van der Waals surface area contributed by atoms with E-state index in [1.54, 1.807) is 31.3 Å². The summed E-state index contributed by atoms with van der Waals surface area (Å²) in [5, 5.41) is 19.9. The third kappa shape index (κ3) is 8.62. The molecule has 0 saturated heterocycles. The Morgan fingerprint density at radius 3 is 2.12 bits per heavy atom. The number of hydrogen-bond donors (Lipinski definition) is 2. The Morgan fingerprint density at radius 2 is 1.51 bits per heavy atom. The van der Waals surface area contributed by atoms with Crippen molar-refractivity contribution in [2.45, 2.75) is 26.9 Å². The highest BCUT2D eigenvalue weighted by molar-refractivity contribution is 7.90. The van der Waals surface area contributed by atoms with E-state index in [1.165, 1.54) is 23.6 Å². The lowest BCUT2D eigenvalue weighted by Crippen LogP contribution is -2.37. The largest absolute Gasteiger partial charge is 0.636 e. The van der Waals surface area contributed by atoms with Crippen molar-refractivity contribution in [3.63, 3.8) is 0 Å². The normalized spacial score (nSPS) is 15.0. The van der Waals surface area contributed by atoms with Gasteiger partial charge < -0.3 is 33.9 Å². The standard InChI is InChI=1S/C30H34BNO8S/c1-21-15-27(37-13-6-14-41(4,35)36)16-22(2)30(21)24-8-5-7-23(17-24)20-38-26-11-9-25(10-12-26)31-39-28(33)18-32(3)19-29(34)40-31/h5,7-12,15-19,33-34H,6,13-14,20H2,1-4H3/b28-18-,29-19?. The number of nitrogens with zero attached hydrogens (tertiary/aromatic N) is 1. The molecule has 0 spiro atoms. The molecule has 0 bridgehead atoms. The SMILES string of the molecule is Cc1cc(OCCCS(C)(=O)=O)cc(C)c1-c1cccc(COc2ccc(B3OC(O)=CN(C)/C=C(/O)O3)cc2)c1. The van der Waals surface area contributed by atoms with Crippen LogP contribution in [-0.2, 0) is 25.8 Å². The van der Waals surface area contributed by atoms with E-state index in [0.717, 1.165) is 33.6 Å². The summed E-state index contributed by atoms with van der Waals surface area (Å²) < 4.78 is 45.3. The van der Waals surface area contributed by atoms with Crippen LogP contribution in [0.3, 0.4) is 0 Å². The molecule has 1 heterocycles. The minimum absolute atomic E-state index is 0.105. The van der Waals surface area contributed by atoms with Crippen molar-refractivity contribution >= 4 is 22.4 Å². The molecule has 3 aromatic carbocycles. The first-order valence-corrected chi connectivity index (χ1v) is 15.1. The lowest BCUT2D eigenvalue weighted by atomic mass is 9.79. The molecule has 2 N–H and O–H groups in total. The second-order valence-electron chi connectivity index (χ2n) is 9.99. The molecule has 1 aliphatic rings. The van der Waals surface area contributed by atoms with Crippen LogP contribution in [0.4, 0.5) is 0 Å². The summed E-state index contributed by atoms with van der Waals surface area (Å²) in [4.78, 5) is 1.41. The minimum Gasteiger partial charge on any atom is -0.494 e. The van der Waals surface area contributed by atoms with Crippen molar-refractivity contribution in [2.75, 3.05) is 25.7 Å². The fraction of sp³-hybridized carbons (Fsp3) is 0.267. The van der Waals surface area contributed by atoms with Crippen LogP contribution >= 0.6 is 0 Å². The molecule has 3 aromatic rings. The van der Waals surface area contributed by atoms with E-state index in [1.807, 2.05) is 38.1 Å². The van der Waals surface area contributed by atoms with E-state index in [2.05, 4.69) is 12.1 Å². The summed E-state index contributed by atoms with van der Waals surface area (Å²) in [5.74, 6) is 0.764. The van der Waals surface area contributed by atoms with Gasteiger partial charge in [-0.25, -0.2) is 8.42 Å². The minimum atomic E-state index is -3.00. The number of hydrogen-bond acceptors (Lipinski definition) is 9. The first-order chi connectivity index (χ1) is 19.5. The highest BCUT2D eigenvalue weighted by Gasteiger charge is 2.29. The predicted octanol–water partition coefficient (Wildman–Crippen LogP) is 4.75. The highest BCUT2D eigenvalue weighted by atomic mass is 32.2. The molecule has 0 aliphatic carbocycles. The Morgan fingerprint density at radius 1 is 0.878 bits per heavy atom. The molecular weight excluding hydrogens is 545 g/mol. The molecule has 0 fully saturated rings. The Kier molecular flexibility index (Phi) is 9.39. The first-order valence-electron chi connectivity index (χ1n) is 13.1. The summed E-state index contributed by atoms with van der Waals surface area (Å²) in [6.45, 7) is 4.76. The second-order valence-corrected chi connectivity index (χ2v) is 12.2. The molecule has 216 valence electrons. The van der Waals surface area contributed by atoms with Gasteiger partial charge in [-0.15, -0.1) is 0 Å². The van der Waals surface area contributed by atoms with Gasteiger partial charge >= 0.3 is 7.12 Å². The number of aliphatic hydroxyl groups excluding tert-OH is 2. The number of aryl methyl sites for hydroxylation is 2. The van der Waals surface area contributed by atoms with E-state index in [4.69, 9.17) is 18.8 Å². The average Bonchev–Trinajstić information content (AvgIpc) is 2.88. The molecular formula is C30H34BNO8S. The van der Waals surface area contributed by atoms with E-state index in [9.17, 15) is 18.6 Å². The maximum Gasteiger partial charge on any atom is 0.636 e. The summed E-state index contributed by atoms with van der Waals surface area (Å²) in [5.41, 5.74) is 5.86. The maximum atomic E-state index is 11.3. The van der Waals surface area contributed by atoms with E-state index >= 15 is 0 Å². The van der Waals surface area contributed by atoms with Crippen LogP contribution in [0.15, 0.2) is 85.0 Å². The summed E-state index contributed by atoms with van der Waals surface area (Å²) in [6, 6.07) is 19.1. The second kappa shape index (κ2) is 12.9. The van der Waals surface area contributed by atoms with Gasteiger partial charge in [-0.1, -0.05) is 30.3 Å². The third-order valence-corrected chi connectivity index (χ3v) is 7.32. The van der Waals surface area contributed by atoms with Crippen LogP contribution < -0.4 is 14.9 Å². The fourth-order valence-corrected chi connectivity index (χ4v) is 5.15. The molecule has 0 radical (unpaired) electrons. The monoisotopic (exact) mass is 579 g/mol. The highest BCUT2D eigenvalue weighted by Crippen LogP contribution is 2.32. The Bertz CT molecular complexity index is 1490. The van der Waals surface area contributed by atoms with Crippen LogP contribution in [0.2, 0.25) is 0 Å². The van der Waals surface area contributed by atoms with Crippen LogP contribution in [0.5, 0.6) is 11.5 Å². The summed E-state index contributed by atoms with van der Waals surface area (Å²) in [7, 11) is -2.42. The molecule has 0 atom stereocenters. The molecule has 9 nitrogen and oxygen atoms in total. The lowest BCUT2D eigenvalue weighted by Gasteiger charge is -2.20. The van der Waals surface area contributed by atoms with E-state index in [-0.39, 0.29) is 17.6 Å². The fourth-order valence-electron chi connectivity index (χ4n) is 4.50. The van der Waals surface area contributed by atoms with Crippen LogP contribution in [-0.4, -0.2) is 56.3 Å². The molecule has 1 aliphatic heterocycles. The van der Waals surface area contributed by atoms with Gasteiger partial charge in [0, 0.05) is 18.8 Å². The molecule has 0 saturated carbocycles. The molecule has 4 rings (SSSR count). The maximum absolute atomic E-state index is 11.3. The van der Waals surface area contributed by atoms with Gasteiger partial charge in [0.1, 0.15) is 27.9 Å². The van der Waals surface area contributed by atoms with Crippen LogP contribution in [0.25, 0.3) is 11.1 Å². The van der Waals surface area contributed by atoms with Crippen molar-refractivity contribution in [3.05, 3.63) is 102 Å². The molecule has 11 heteroatoms. The molecule has 0 unspecified atom stereocenters. The lowest BCUT2D eigenvalue weighted by molar-refractivity contribution is 0.124. The van der Waals surface area contributed by atoms with Crippen molar-refractivity contribution < 1.29 is 37.4 Å². The zero-order chi connectivity index (χ0) is 29.6. The quantitative estimate of drug-likeness (QED) is 0.259. The van der Waals surface area contributed by atoms with Crippen molar-refractivity contribution in [3.8, 4) is 22.6 Å². The van der Waals surface area contributed by atoms with E-state index in [0.29, 0.717) is 30.8 Å². The van der Waals surface area contributed by atoms with Gasteiger partial charge in [0.2, 0.25) is 0 Å². The smallest absolute Gasteiger partial charge is 0.494 e. The van der Waals surface area contributed by atoms with Crippen molar-refractivity contribution in [2.24, 2.45) is 0 Å². The van der Waals surface area contributed by atoms with Crippen LogP contribution in [0, 0.1) is 13.8 Å². The number of rotatable bonds is 10. The zero-order valence-electron chi connectivity index (χ0n) is 23.5. The van der Waals surface area contributed by atoms with Crippen LogP contribution in [0.1, 0.15) is 23.1 Å². The van der Waals surface area contributed by atoms with Gasteiger partial charge in [0.05, 0.1) is 24.8 Å². The number of sulfone groups is 1. The third-order valence-electron chi connectivity index (χ3n) is 6.29.